The summed E-state index contributed by atoms with van der Waals surface area (Å²) in [4.78, 5) is 49.1. The van der Waals surface area contributed by atoms with Crippen molar-refractivity contribution < 1.29 is 113 Å². The summed E-state index contributed by atoms with van der Waals surface area (Å²) >= 11 is 3.43. The number of hydrogen-bond acceptors (Lipinski definition) is 13. The van der Waals surface area contributed by atoms with Gasteiger partial charge in [0.2, 0.25) is 11.1 Å². The quantitative estimate of drug-likeness (QED) is 0.0834. The Morgan fingerprint density at radius 2 is 1.74 bits per heavy atom. The molecule has 0 unspecified atom stereocenters. The van der Waals surface area contributed by atoms with Crippen LogP contribution in [0, 0.1) is 0 Å². The van der Waals surface area contributed by atoms with Gasteiger partial charge in [0.15, 0.2) is 0 Å². The fourth-order valence-corrected chi connectivity index (χ4v) is 6.33. The van der Waals surface area contributed by atoms with Gasteiger partial charge in [0.25, 0.3) is 11.6 Å². The molecule has 0 aromatic carbocycles. The van der Waals surface area contributed by atoms with Gasteiger partial charge in [-0.1, -0.05) is 11.8 Å². The van der Waals surface area contributed by atoms with Crippen molar-refractivity contribution in [3.05, 3.63) is 11.3 Å². The van der Waals surface area contributed by atoms with Gasteiger partial charge in [-0.15, -0.1) is 28.6 Å². The summed E-state index contributed by atoms with van der Waals surface area (Å²) < 4.78 is 6.78. The summed E-state index contributed by atoms with van der Waals surface area (Å²) in [5.74, 6) is -3.73. The van der Waals surface area contributed by atoms with Crippen molar-refractivity contribution in [3.63, 3.8) is 0 Å². The topological polar surface area (TPSA) is 489 Å². The van der Waals surface area contributed by atoms with E-state index >= 15 is 0 Å². The molecule has 252 valence electrons. The van der Waals surface area contributed by atoms with E-state index in [-0.39, 0.29) is 108 Å². The van der Waals surface area contributed by atoms with Crippen LogP contribution >= 0.6 is 35.3 Å². The average molecular weight is 704 g/mol. The van der Waals surface area contributed by atoms with Crippen molar-refractivity contribution in [2.24, 2.45) is 12.8 Å². The zero-order valence-electron chi connectivity index (χ0n) is 22.9. The van der Waals surface area contributed by atoms with Crippen LogP contribution in [0.15, 0.2) is 16.4 Å². The first kappa shape index (κ1) is 60.5. The van der Waals surface area contributed by atoms with Crippen molar-refractivity contribution in [3.8, 4) is 0 Å². The molecule has 2 amide bonds. The molecule has 23 nitrogen and oxygen atoms in total. The summed E-state index contributed by atoms with van der Waals surface area (Å²) in [7, 11) is 2.88. The number of carboxylic acid groups (broad SMARTS) is 2. The van der Waals surface area contributed by atoms with Crippen LogP contribution in [0.1, 0.15) is 0 Å². The molecule has 43 heavy (non-hydrogen) atoms. The number of nitrogens with two attached hydrogens (primary N) is 1. The molecule has 1 aromatic rings. The fraction of sp³-hybridized carbons (Fsp3) is 0.562. The van der Waals surface area contributed by atoms with Crippen LogP contribution in [0.25, 0.3) is 0 Å². The Morgan fingerprint density at radius 1 is 1.19 bits per heavy atom. The molecule has 0 aliphatic carbocycles. The molecule has 0 saturated carbocycles. The van der Waals surface area contributed by atoms with Gasteiger partial charge in [-0.25, -0.2) is 4.68 Å². The standard InChI is InChI=1S/C16H21N7O7S3.Na.9H2O/c1-22-15(19-20-21-22)33-4-7-3-32-14-16(30-2,13(29)23(14)10(7)12(27)28)18-9(24)6-31-5-8(17)11(25)26;;;;;;;;;;/h8,14H,3-6,17H2,1-2H3,(H,18,24)(H,25,26)(H,27,28);;9*1H2/q;+1;;;;;;;;;/p-1/t8-,14-,16+;;;;;;;;;;/m1........../s1. The number of carbonyl (C=O) groups excluding carboxylic acids is 3. The van der Waals surface area contributed by atoms with Crippen LogP contribution in [0.3, 0.4) is 0 Å². The second-order valence-electron chi connectivity index (χ2n) is 6.90. The molecule has 3 rings (SSSR count). The van der Waals surface area contributed by atoms with Gasteiger partial charge in [0.05, 0.1) is 17.4 Å². The molecular formula is C16H38N7NaO16S3. The number of carboxylic acids is 2. The summed E-state index contributed by atoms with van der Waals surface area (Å²) in [5.41, 5.74) is 3.84. The van der Waals surface area contributed by atoms with E-state index < -0.39 is 40.9 Å². The molecule has 27 heteroatoms. The third-order valence-electron chi connectivity index (χ3n) is 4.75. The van der Waals surface area contributed by atoms with Crippen LogP contribution in [0.4, 0.5) is 0 Å². The largest absolute Gasteiger partial charge is 1.00 e. The van der Waals surface area contributed by atoms with E-state index in [0.717, 1.165) is 16.7 Å². The maximum Gasteiger partial charge on any atom is 1.00 e. The minimum Gasteiger partial charge on any atom is -0.543 e. The maximum absolute atomic E-state index is 13.0. The number of ether oxygens (including phenoxy) is 1. The molecule has 1 fully saturated rings. The van der Waals surface area contributed by atoms with Crippen LogP contribution in [-0.4, -0.2) is 151 Å². The van der Waals surface area contributed by atoms with Gasteiger partial charge >= 0.3 is 35.5 Å². The number of amides is 2. The normalized spacial score (nSPS) is 17.7. The molecular weight excluding hydrogens is 665 g/mol. The van der Waals surface area contributed by atoms with E-state index in [1.54, 1.807) is 7.05 Å². The van der Waals surface area contributed by atoms with Gasteiger partial charge < -0.3 is 80.1 Å². The molecule has 1 aromatic heterocycles. The first-order valence-electron chi connectivity index (χ1n) is 9.28. The fourth-order valence-electron chi connectivity index (χ4n) is 3.13. The second-order valence-corrected chi connectivity index (χ2v) is 9.94. The molecule has 2 aliphatic heterocycles. The maximum atomic E-state index is 13.0. The number of rotatable bonds is 11. The Bertz CT molecular complexity index is 1030. The number of β-lactam (4-membered cyclic amide) rings is 1. The van der Waals surface area contributed by atoms with Gasteiger partial charge in [0, 0.05) is 31.4 Å². The van der Waals surface area contributed by atoms with E-state index in [1.165, 1.54) is 35.3 Å². The molecule has 3 atom stereocenters. The molecule has 0 spiro atoms. The van der Waals surface area contributed by atoms with Gasteiger partial charge in [-0.2, -0.15) is 0 Å². The molecule has 3 heterocycles. The third-order valence-corrected chi connectivity index (χ3v) is 8.29. The Kier molecular flexibility index (Phi) is 36.0. The van der Waals surface area contributed by atoms with Crippen molar-refractivity contribution in [1.82, 2.24) is 30.4 Å². The molecule has 2 aliphatic rings. The number of aromatic nitrogens is 4. The van der Waals surface area contributed by atoms with Gasteiger partial charge in [0.1, 0.15) is 11.4 Å². The predicted molar refractivity (Wildman–Crippen MR) is 148 cm³/mol. The summed E-state index contributed by atoms with van der Waals surface area (Å²) in [6.45, 7) is 0. The average Bonchev–Trinajstić information content (AvgIpc) is 3.19. The zero-order chi connectivity index (χ0) is 24.3. The van der Waals surface area contributed by atoms with E-state index in [1.807, 2.05) is 0 Å². The van der Waals surface area contributed by atoms with Crippen LogP contribution in [0.2, 0.25) is 0 Å². The van der Waals surface area contributed by atoms with Crippen LogP contribution in [0.5, 0.6) is 0 Å². The van der Waals surface area contributed by atoms with E-state index in [0.29, 0.717) is 10.7 Å². The van der Waals surface area contributed by atoms with Crippen molar-refractivity contribution in [2.45, 2.75) is 22.3 Å². The first-order chi connectivity index (χ1) is 15.6. The molecule has 1 saturated heterocycles. The van der Waals surface area contributed by atoms with Crippen molar-refractivity contribution >= 4 is 59.0 Å². The smallest absolute Gasteiger partial charge is 0.543 e. The Balaban J connectivity index is -0.000000204. The number of aryl methyl sites for hydroxylation is 1. The summed E-state index contributed by atoms with van der Waals surface area (Å²) in [6.07, 6.45) is 0. The number of nitrogens with zero attached hydrogens (tertiary/aromatic N) is 5. The number of aliphatic carboxylic acids is 2. The number of fused-ring (bicyclic) bond motifs is 1. The predicted octanol–water partition coefficient (Wildman–Crippen LogP) is -13.6. The Labute approximate surface area is 277 Å². The zero-order valence-corrected chi connectivity index (χ0v) is 27.4. The molecule has 0 radical (unpaired) electrons. The number of thioether (sulfide) groups is 3. The van der Waals surface area contributed by atoms with Gasteiger partial charge in [-0.05, 0) is 16.0 Å². The number of methoxy groups -OCH3 is 1. The number of tetrazole rings is 1. The number of carbonyl (C=O) groups is 4. The SMILES string of the molecule is CO[C@@]1(NC(=O)CSC[C@@H](N)C(=O)O)C(=O)N2C(C(=O)[O-])=C(CSc3nnnn3C)CS[C@@H]21.O.O.O.O.O.O.O.O.O.[Na+]. The third kappa shape index (κ3) is 12.7. The first-order valence-corrected chi connectivity index (χ1v) is 12.5. The summed E-state index contributed by atoms with van der Waals surface area (Å²) in [6, 6.07) is -1.13. The van der Waals surface area contributed by atoms with E-state index in [2.05, 4.69) is 20.8 Å². The Hall–Kier alpha value is -1.70. The minimum atomic E-state index is -1.75. The van der Waals surface area contributed by atoms with Gasteiger partial charge in [-0.3, -0.25) is 19.3 Å². The molecule has 22 N–H and O–H groups in total. The van der Waals surface area contributed by atoms with Crippen molar-refractivity contribution in [2.75, 3.05) is 30.1 Å². The summed E-state index contributed by atoms with van der Waals surface area (Å²) in [5, 5.41) is 33.9. The molecule has 0 bridgehead atoms. The number of hydrogen-bond donors (Lipinski definition) is 3. The van der Waals surface area contributed by atoms with Crippen LogP contribution in [-0.2, 0) is 31.0 Å². The second kappa shape index (κ2) is 25.6. The van der Waals surface area contributed by atoms with Crippen LogP contribution < -0.4 is 45.7 Å². The minimum absolute atomic E-state index is 0. The van der Waals surface area contributed by atoms with Crippen molar-refractivity contribution in [1.29, 1.82) is 0 Å². The number of nitrogens with one attached hydrogen (secondary N) is 1. The monoisotopic (exact) mass is 703 g/mol. The van der Waals surface area contributed by atoms with E-state index in [4.69, 9.17) is 15.6 Å². The Morgan fingerprint density at radius 3 is 2.19 bits per heavy atom. The van der Waals surface area contributed by atoms with E-state index in [9.17, 15) is 24.3 Å².